The third-order valence-corrected chi connectivity index (χ3v) is 4.05. The number of rotatable bonds is 9. The number of hydrogen-bond donors (Lipinski definition) is 0. The zero-order valence-electron chi connectivity index (χ0n) is 14.8. The summed E-state index contributed by atoms with van der Waals surface area (Å²) in [7, 11) is 0. The van der Waals surface area contributed by atoms with E-state index in [0.29, 0.717) is 19.4 Å². The van der Waals surface area contributed by atoms with E-state index in [0.717, 1.165) is 25.7 Å². The van der Waals surface area contributed by atoms with E-state index < -0.39 is 17.5 Å². The summed E-state index contributed by atoms with van der Waals surface area (Å²) >= 11 is 0. The van der Waals surface area contributed by atoms with Crippen LogP contribution < -0.4 is 4.74 Å². The molecule has 1 aromatic carbocycles. The van der Waals surface area contributed by atoms with Crippen molar-refractivity contribution in [3.63, 3.8) is 0 Å². The van der Waals surface area contributed by atoms with Crippen molar-refractivity contribution in [2.75, 3.05) is 6.61 Å². The van der Waals surface area contributed by atoms with Crippen molar-refractivity contribution in [1.82, 2.24) is 0 Å². The molecular formula is C20H25F3O2. The number of benzene rings is 1. The molecule has 0 unspecified atom stereocenters. The van der Waals surface area contributed by atoms with Crippen molar-refractivity contribution in [1.29, 1.82) is 0 Å². The number of hydrogen-bond acceptors (Lipinski definition) is 2. The predicted octanol–water partition coefficient (Wildman–Crippen LogP) is 6.56. The van der Waals surface area contributed by atoms with Crippen LogP contribution in [0.25, 0.3) is 6.08 Å². The van der Waals surface area contributed by atoms with Gasteiger partial charge in [-0.05, 0) is 37.5 Å². The lowest BCUT2D eigenvalue weighted by molar-refractivity contribution is -0.228. The fraction of sp³-hybridized carbons (Fsp3) is 0.500. The molecule has 0 fully saturated rings. The lowest BCUT2D eigenvalue weighted by Crippen LogP contribution is -2.24. The molecule has 0 aliphatic carbocycles. The van der Waals surface area contributed by atoms with Crippen molar-refractivity contribution in [2.24, 2.45) is 0 Å². The second kappa shape index (κ2) is 8.97. The summed E-state index contributed by atoms with van der Waals surface area (Å²) in [6, 6.07) is 2.88. The molecule has 0 bridgehead atoms. The van der Waals surface area contributed by atoms with Crippen LogP contribution in [0.2, 0.25) is 0 Å². The topological polar surface area (TPSA) is 18.5 Å². The van der Waals surface area contributed by atoms with Gasteiger partial charge in [0.05, 0.1) is 6.61 Å². The van der Waals surface area contributed by atoms with Gasteiger partial charge in [0.2, 0.25) is 0 Å². The molecule has 0 saturated carbocycles. The zero-order chi connectivity index (χ0) is 18.3. The summed E-state index contributed by atoms with van der Waals surface area (Å²) < 4.78 is 53.2. The van der Waals surface area contributed by atoms with E-state index in [4.69, 9.17) is 9.47 Å². The smallest absolute Gasteiger partial charge is 0.430 e. The van der Waals surface area contributed by atoms with Gasteiger partial charge in [-0.25, -0.2) is 4.39 Å². The minimum Gasteiger partial charge on any atom is -0.491 e. The standard InChI is InChI=1S/C20H25F3O2/c1-3-5-7-9-13-24-17-12-11-15-14-16(10-8-6-4-2)25-20(22,23)18(15)19(17)21/h4,6,11-12,14H,3,5,7-10,13H2,1-2H3/b6-4+. The number of allylic oxidation sites excluding steroid dienone is 3. The Bertz CT molecular complexity index is 636. The number of fused-ring (bicyclic) bond motifs is 1. The van der Waals surface area contributed by atoms with Gasteiger partial charge in [-0.2, -0.15) is 8.78 Å². The highest BCUT2D eigenvalue weighted by Gasteiger charge is 2.43. The Morgan fingerprint density at radius 1 is 1.20 bits per heavy atom. The first-order valence-corrected chi connectivity index (χ1v) is 8.84. The number of ether oxygens (including phenoxy) is 2. The van der Waals surface area contributed by atoms with Crippen LogP contribution in [0.5, 0.6) is 5.75 Å². The van der Waals surface area contributed by atoms with Crippen molar-refractivity contribution >= 4 is 6.08 Å². The predicted molar refractivity (Wildman–Crippen MR) is 93.0 cm³/mol. The Labute approximate surface area is 147 Å². The average molecular weight is 354 g/mol. The van der Waals surface area contributed by atoms with Gasteiger partial charge in [0.15, 0.2) is 11.6 Å². The monoisotopic (exact) mass is 354 g/mol. The average Bonchev–Trinajstić information content (AvgIpc) is 2.55. The third-order valence-electron chi connectivity index (χ3n) is 4.05. The van der Waals surface area contributed by atoms with Gasteiger partial charge in [-0.3, -0.25) is 0 Å². The highest BCUT2D eigenvalue weighted by molar-refractivity contribution is 5.60. The molecule has 1 aliphatic rings. The fourth-order valence-electron chi connectivity index (χ4n) is 2.74. The molecule has 1 aliphatic heterocycles. The summed E-state index contributed by atoms with van der Waals surface area (Å²) in [5.41, 5.74) is -0.601. The maximum Gasteiger partial charge on any atom is 0.430 e. The van der Waals surface area contributed by atoms with Crippen molar-refractivity contribution < 1.29 is 22.6 Å². The second-order valence-corrected chi connectivity index (χ2v) is 6.09. The van der Waals surface area contributed by atoms with Crippen LogP contribution in [0, 0.1) is 5.82 Å². The Morgan fingerprint density at radius 3 is 2.72 bits per heavy atom. The van der Waals surface area contributed by atoms with Gasteiger partial charge in [0.1, 0.15) is 11.3 Å². The minimum absolute atomic E-state index is 0.141. The van der Waals surface area contributed by atoms with Crippen LogP contribution in [-0.2, 0) is 10.8 Å². The van der Waals surface area contributed by atoms with Gasteiger partial charge < -0.3 is 9.47 Å². The van der Waals surface area contributed by atoms with Crippen LogP contribution in [0.1, 0.15) is 63.5 Å². The fourth-order valence-corrected chi connectivity index (χ4v) is 2.74. The highest BCUT2D eigenvalue weighted by Crippen LogP contribution is 2.43. The molecule has 0 radical (unpaired) electrons. The zero-order valence-corrected chi connectivity index (χ0v) is 14.8. The molecule has 0 saturated heterocycles. The van der Waals surface area contributed by atoms with Crippen LogP contribution in [0.3, 0.4) is 0 Å². The lowest BCUT2D eigenvalue weighted by atomic mass is 10.0. The molecule has 1 aromatic rings. The maximum absolute atomic E-state index is 14.5. The Kier molecular flexibility index (Phi) is 6.97. The summed E-state index contributed by atoms with van der Waals surface area (Å²) in [5.74, 6) is -1.03. The van der Waals surface area contributed by atoms with Crippen molar-refractivity contribution in [2.45, 2.75) is 58.5 Å². The quantitative estimate of drug-likeness (QED) is 0.369. The van der Waals surface area contributed by atoms with Crippen LogP contribution in [0.4, 0.5) is 13.2 Å². The SMILES string of the molecule is C/C=C/CCC1=Cc2ccc(OCCCCCC)c(F)c2C(F)(F)O1. The van der Waals surface area contributed by atoms with Crippen LogP contribution in [-0.4, -0.2) is 6.61 Å². The molecule has 0 N–H and O–H groups in total. The van der Waals surface area contributed by atoms with E-state index >= 15 is 0 Å². The van der Waals surface area contributed by atoms with Crippen LogP contribution >= 0.6 is 0 Å². The Hall–Kier alpha value is -1.91. The number of alkyl halides is 2. The lowest BCUT2D eigenvalue weighted by Gasteiger charge is -2.27. The van der Waals surface area contributed by atoms with Gasteiger partial charge in [-0.1, -0.05) is 44.4 Å². The second-order valence-electron chi connectivity index (χ2n) is 6.09. The van der Waals surface area contributed by atoms with E-state index in [1.807, 2.05) is 19.1 Å². The molecule has 0 atom stereocenters. The van der Waals surface area contributed by atoms with E-state index in [9.17, 15) is 13.2 Å². The molecule has 0 amide bonds. The van der Waals surface area contributed by atoms with Gasteiger partial charge >= 0.3 is 6.11 Å². The normalized spacial score (nSPS) is 15.6. The highest BCUT2D eigenvalue weighted by atomic mass is 19.3. The molecule has 0 aromatic heterocycles. The van der Waals surface area contributed by atoms with Gasteiger partial charge in [0.25, 0.3) is 0 Å². The van der Waals surface area contributed by atoms with E-state index in [1.54, 1.807) is 0 Å². The Balaban J connectivity index is 2.15. The molecule has 5 heteroatoms. The molecule has 2 nitrogen and oxygen atoms in total. The molecule has 0 spiro atoms. The van der Waals surface area contributed by atoms with Gasteiger partial charge in [-0.15, -0.1) is 0 Å². The maximum atomic E-state index is 14.5. The Morgan fingerprint density at radius 2 is 2.00 bits per heavy atom. The molecule has 2 rings (SSSR count). The number of unbranched alkanes of at least 4 members (excludes halogenated alkanes) is 3. The first kappa shape index (κ1) is 19.4. The summed E-state index contributed by atoms with van der Waals surface area (Å²) in [4.78, 5) is 0. The van der Waals surface area contributed by atoms with Crippen LogP contribution in [0.15, 0.2) is 30.0 Å². The largest absolute Gasteiger partial charge is 0.491 e. The van der Waals surface area contributed by atoms with E-state index in [2.05, 4.69) is 6.92 Å². The first-order chi connectivity index (χ1) is 12.0. The third kappa shape index (κ3) is 5.03. The summed E-state index contributed by atoms with van der Waals surface area (Å²) in [6.07, 6.45) is 6.33. The first-order valence-electron chi connectivity index (χ1n) is 8.84. The van der Waals surface area contributed by atoms with Crippen molar-refractivity contribution in [3.05, 3.63) is 47.0 Å². The summed E-state index contributed by atoms with van der Waals surface area (Å²) in [6.45, 7) is 4.26. The molecular weight excluding hydrogens is 329 g/mol. The van der Waals surface area contributed by atoms with Gasteiger partial charge in [0, 0.05) is 6.42 Å². The number of halogens is 3. The summed E-state index contributed by atoms with van der Waals surface area (Å²) in [5, 5.41) is 0. The molecule has 1 heterocycles. The molecule has 138 valence electrons. The minimum atomic E-state index is -3.69. The van der Waals surface area contributed by atoms with E-state index in [1.165, 1.54) is 18.2 Å². The van der Waals surface area contributed by atoms with Crippen molar-refractivity contribution in [3.8, 4) is 5.75 Å². The molecule has 25 heavy (non-hydrogen) atoms. The van der Waals surface area contributed by atoms with E-state index in [-0.39, 0.29) is 17.1 Å².